The fraction of sp³-hybridized carbons (Fsp3) is 0.308. The van der Waals surface area contributed by atoms with Gasteiger partial charge in [-0.05, 0) is 12.1 Å². The number of rotatable bonds is 7. The van der Waals surface area contributed by atoms with Crippen molar-refractivity contribution in [2.75, 3.05) is 27.1 Å². The Morgan fingerprint density at radius 1 is 1.18 bits per heavy atom. The molecular weight excluding hydrogens is 312 g/mol. The zero-order valence-corrected chi connectivity index (χ0v) is 12.9. The molecule has 0 unspecified atom stereocenters. The molecule has 118 valence electrons. The predicted molar refractivity (Wildman–Crippen MR) is 75.1 cm³/mol. The van der Waals surface area contributed by atoms with Gasteiger partial charge in [-0.15, -0.1) is 10.2 Å². The van der Waals surface area contributed by atoms with Crippen LogP contribution in [0.1, 0.15) is 0 Å². The number of aromatic nitrogens is 2. The molecular formula is C13H13N2O6S-. The van der Waals surface area contributed by atoms with Crippen LogP contribution in [0.4, 0.5) is 0 Å². The summed E-state index contributed by atoms with van der Waals surface area (Å²) in [6, 6.07) is 3.31. The van der Waals surface area contributed by atoms with Crippen LogP contribution in [0.2, 0.25) is 0 Å². The number of carboxylic acid groups (broad SMARTS) is 1. The average Bonchev–Trinajstić information content (AvgIpc) is 3.00. The largest absolute Gasteiger partial charge is 0.549 e. The van der Waals surface area contributed by atoms with Crippen molar-refractivity contribution in [1.29, 1.82) is 0 Å². The van der Waals surface area contributed by atoms with Crippen LogP contribution in [0, 0.1) is 0 Å². The number of ether oxygens (including phenoxy) is 3. The molecule has 8 nitrogen and oxygen atoms in total. The number of nitrogens with zero attached hydrogens (tertiary/aromatic N) is 2. The molecule has 0 saturated heterocycles. The van der Waals surface area contributed by atoms with Gasteiger partial charge in [0.1, 0.15) is 0 Å². The van der Waals surface area contributed by atoms with Crippen LogP contribution in [0.15, 0.2) is 21.8 Å². The molecule has 2 aromatic rings. The lowest BCUT2D eigenvalue weighted by Gasteiger charge is -2.12. The lowest BCUT2D eigenvalue weighted by Crippen LogP contribution is -2.24. The summed E-state index contributed by atoms with van der Waals surface area (Å²) in [5.74, 6) is 0.0621. The number of aliphatic carboxylic acids is 1. The predicted octanol–water partition coefficient (Wildman–Crippen LogP) is 0.604. The maximum Gasteiger partial charge on any atom is 0.277 e. The van der Waals surface area contributed by atoms with Crippen molar-refractivity contribution in [3.05, 3.63) is 12.1 Å². The monoisotopic (exact) mass is 325 g/mol. The Labute approximate surface area is 130 Å². The summed E-state index contributed by atoms with van der Waals surface area (Å²) in [5, 5.41) is 18.2. The van der Waals surface area contributed by atoms with Crippen molar-refractivity contribution in [2.24, 2.45) is 0 Å². The number of thioether (sulfide) groups is 1. The van der Waals surface area contributed by atoms with E-state index in [0.717, 1.165) is 11.8 Å². The Balaban J connectivity index is 2.34. The van der Waals surface area contributed by atoms with Crippen LogP contribution in [0.3, 0.4) is 0 Å². The number of carbonyl (C=O) groups is 1. The molecule has 2 rings (SSSR count). The van der Waals surface area contributed by atoms with Crippen molar-refractivity contribution in [3.8, 4) is 28.7 Å². The Kier molecular flexibility index (Phi) is 5.10. The van der Waals surface area contributed by atoms with Crippen LogP contribution in [-0.4, -0.2) is 43.2 Å². The second-order valence-electron chi connectivity index (χ2n) is 3.95. The number of carboxylic acids is 1. The van der Waals surface area contributed by atoms with Gasteiger partial charge in [0.05, 0.1) is 27.3 Å². The maximum atomic E-state index is 10.4. The van der Waals surface area contributed by atoms with Gasteiger partial charge >= 0.3 is 0 Å². The van der Waals surface area contributed by atoms with Gasteiger partial charge in [-0.2, -0.15) is 0 Å². The third kappa shape index (κ3) is 3.42. The molecule has 0 saturated carbocycles. The van der Waals surface area contributed by atoms with E-state index >= 15 is 0 Å². The zero-order valence-electron chi connectivity index (χ0n) is 12.1. The topological polar surface area (TPSA) is 107 Å². The van der Waals surface area contributed by atoms with Crippen LogP contribution in [0.25, 0.3) is 11.5 Å². The molecule has 0 aliphatic heterocycles. The highest BCUT2D eigenvalue weighted by molar-refractivity contribution is 7.99. The molecule has 0 radical (unpaired) electrons. The van der Waals surface area contributed by atoms with Gasteiger partial charge in [0.25, 0.3) is 5.22 Å². The first-order valence-electron chi connectivity index (χ1n) is 6.05. The molecule has 0 fully saturated rings. The maximum absolute atomic E-state index is 10.4. The standard InChI is InChI=1S/C13H14N2O6S/c1-18-8-4-7(5-9(19-2)11(8)20-3)12-14-15-13(21-12)22-6-10(16)17/h4-5H,6H2,1-3H3,(H,16,17)/p-1. The Bertz CT molecular complexity index is 647. The SMILES string of the molecule is COc1cc(-c2nnc(SCC(=O)[O-])o2)cc(OC)c1OC. The van der Waals surface area contributed by atoms with E-state index in [1.165, 1.54) is 21.3 Å². The van der Waals surface area contributed by atoms with Gasteiger partial charge in [-0.25, -0.2) is 0 Å². The summed E-state index contributed by atoms with van der Waals surface area (Å²) in [5.41, 5.74) is 0.558. The van der Waals surface area contributed by atoms with Gasteiger partial charge in [-0.1, -0.05) is 11.8 Å². The van der Waals surface area contributed by atoms with Crippen molar-refractivity contribution in [3.63, 3.8) is 0 Å². The zero-order chi connectivity index (χ0) is 16.1. The normalized spacial score (nSPS) is 10.3. The first kappa shape index (κ1) is 16.0. The Morgan fingerprint density at radius 2 is 1.82 bits per heavy atom. The van der Waals surface area contributed by atoms with E-state index in [2.05, 4.69) is 10.2 Å². The van der Waals surface area contributed by atoms with E-state index in [9.17, 15) is 9.90 Å². The number of carbonyl (C=O) groups excluding carboxylic acids is 1. The Morgan fingerprint density at radius 3 is 2.32 bits per heavy atom. The minimum absolute atomic E-state index is 0.132. The van der Waals surface area contributed by atoms with Crippen molar-refractivity contribution >= 4 is 17.7 Å². The molecule has 9 heteroatoms. The molecule has 0 atom stereocenters. The minimum Gasteiger partial charge on any atom is -0.549 e. The average molecular weight is 325 g/mol. The summed E-state index contributed by atoms with van der Waals surface area (Å²) in [7, 11) is 4.49. The van der Waals surface area contributed by atoms with E-state index in [1.807, 2.05) is 0 Å². The molecule has 0 aliphatic rings. The van der Waals surface area contributed by atoms with Gasteiger partial charge < -0.3 is 28.5 Å². The molecule has 0 bridgehead atoms. The van der Waals surface area contributed by atoms with Gasteiger partial charge in [0.2, 0.25) is 11.6 Å². The molecule has 0 amide bonds. The van der Waals surface area contributed by atoms with Crippen molar-refractivity contribution < 1.29 is 28.5 Å². The number of methoxy groups -OCH3 is 3. The first-order chi connectivity index (χ1) is 10.6. The lowest BCUT2D eigenvalue weighted by atomic mass is 10.2. The fourth-order valence-corrected chi connectivity index (χ4v) is 2.19. The van der Waals surface area contributed by atoms with Crippen LogP contribution in [0.5, 0.6) is 17.2 Å². The molecule has 1 aromatic carbocycles. The third-order valence-electron chi connectivity index (χ3n) is 2.63. The molecule has 1 aromatic heterocycles. The minimum atomic E-state index is -1.21. The molecule has 22 heavy (non-hydrogen) atoms. The lowest BCUT2D eigenvalue weighted by molar-refractivity contribution is -0.301. The van der Waals surface area contributed by atoms with E-state index < -0.39 is 5.97 Å². The van der Waals surface area contributed by atoms with E-state index in [1.54, 1.807) is 12.1 Å². The molecule has 1 heterocycles. The van der Waals surface area contributed by atoms with E-state index in [-0.39, 0.29) is 16.9 Å². The third-order valence-corrected chi connectivity index (χ3v) is 3.42. The van der Waals surface area contributed by atoms with E-state index in [4.69, 9.17) is 18.6 Å². The van der Waals surface area contributed by atoms with Gasteiger partial charge in [0.15, 0.2) is 11.5 Å². The highest BCUT2D eigenvalue weighted by Crippen LogP contribution is 2.41. The first-order valence-corrected chi connectivity index (χ1v) is 7.04. The molecule has 0 spiro atoms. The van der Waals surface area contributed by atoms with Crippen molar-refractivity contribution in [1.82, 2.24) is 10.2 Å². The quantitative estimate of drug-likeness (QED) is 0.676. The number of hydrogen-bond acceptors (Lipinski definition) is 9. The summed E-state index contributed by atoms with van der Waals surface area (Å²) in [6.45, 7) is 0. The van der Waals surface area contributed by atoms with Gasteiger partial charge in [-0.3, -0.25) is 0 Å². The summed E-state index contributed by atoms with van der Waals surface area (Å²) < 4.78 is 21.1. The summed E-state index contributed by atoms with van der Waals surface area (Å²) in [4.78, 5) is 10.4. The van der Waals surface area contributed by atoms with Crippen molar-refractivity contribution in [2.45, 2.75) is 5.22 Å². The van der Waals surface area contributed by atoms with Crippen LogP contribution in [-0.2, 0) is 4.79 Å². The highest BCUT2D eigenvalue weighted by atomic mass is 32.2. The number of hydrogen-bond donors (Lipinski definition) is 0. The van der Waals surface area contributed by atoms with Crippen LogP contribution >= 0.6 is 11.8 Å². The molecule has 0 N–H and O–H groups in total. The second kappa shape index (κ2) is 7.03. The number of benzene rings is 1. The smallest absolute Gasteiger partial charge is 0.277 e. The second-order valence-corrected chi connectivity index (χ2v) is 4.87. The Hall–Kier alpha value is -2.42. The summed E-state index contributed by atoms with van der Waals surface area (Å²) >= 11 is 0.882. The summed E-state index contributed by atoms with van der Waals surface area (Å²) in [6.07, 6.45) is 0. The fourth-order valence-electron chi connectivity index (χ4n) is 1.71. The van der Waals surface area contributed by atoms with Crippen LogP contribution < -0.4 is 19.3 Å². The highest BCUT2D eigenvalue weighted by Gasteiger charge is 2.17. The molecule has 0 aliphatic carbocycles. The van der Waals surface area contributed by atoms with Gasteiger partial charge in [0, 0.05) is 11.3 Å². The van der Waals surface area contributed by atoms with E-state index in [0.29, 0.717) is 22.8 Å².